The van der Waals surface area contributed by atoms with E-state index in [4.69, 9.17) is 9.47 Å². The number of amides is 2. The van der Waals surface area contributed by atoms with Gasteiger partial charge < -0.3 is 20.1 Å². The van der Waals surface area contributed by atoms with Gasteiger partial charge in [0, 0.05) is 18.8 Å². The first-order valence-corrected chi connectivity index (χ1v) is 6.35. The highest BCUT2D eigenvalue weighted by Gasteiger charge is 2.11. The number of pyridine rings is 1. The van der Waals surface area contributed by atoms with Gasteiger partial charge in [-0.1, -0.05) is 0 Å². The summed E-state index contributed by atoms with van der Waals surface area (Å²) in [6.07, 6.45) is 3.32. The molecule has 2 aromatic rings. The van der Waals surface area contributed by atoms with Crippen molar-refractivity contribution in [1.29, 1.82) is 0 Å². The van der Waals surface area contributed by atoms with E-state index in [1.165, 1.54) is 14.2 Å². The first-order valence-electron chi connectivity index (χ1n) is 6.35. The number of ether oxygens (including phenoxy) is 2. The van der Waals surface area contributed by atoms with Crippen LogP contribution in [0.15, 0.2) is 24.5 Å². The van der Waals surface area contributed by atoms with Crippen LogP contribution in [-0.2, 0) is 6.54 Å². The third kappa shape index (κ3) is 3.62. The molecule has 0 aliphatic rings. The van der Waals surface area contributed by atoms with Crippen LogP contribution >= 0.6 is 0 Å². The molecule has 0 aliphatic carbocycles. The van der Waals surface area contributed by atoms with E-state index in [2.05, 4.69) is 20.7 Å². The lowest BCUT2D eigenvalue weighted by molar-refractivity contribution is 0.262. The van der Waals surface area contributed by atoms with Gasteiger partial charge in [0.05, 0.1) is 26.1 Å². The fourth-order valence-electron chi connectivity index (χ4n) is 1.67. The fraction of sp³-hybridized carbons (Fsp3) is 0.308. The topological polar surface area (TPSA) is 90.3 Å². The SMILES string of the molecule is CCn1cc(NC(=O)Nc2ccc(OC)nc2OC)cn1. The fourth-order valence-corrected chi connectivity index (χ4v) is 1.67. The van der Waals surface area contributed by atoms with Crippen LogP contribution in [0.5, 0.6) is 11.8 Å². The van der Waals surface area contributed by atoms with Crippen LogP contribution < -0.4 is 20.1 Å². The molecule has 0 unspecified atom stereocenters. The van der Waals surface area contributed by atoms with Gasteiger partial charge in [0.2, 0.25) is 11.8 Å². The minimum absolute atomic E-state index is 0.272. The minimum Gasteiger partial charge on any atom is -0.481 e. The lowest BCUT2D eigenvalue weighted by Gasteiger charge is -2.10. The molecule has 2 N–H and O–H groups in total. The third-order valence-electron chi connectivity index (χ3n) is 2.70. The summed E-state index contributed by atoms with van der Waals surface area (Å²) in [5.41, 5.74) is 1.05. The molecule has 2 heterocycles. The second-order valence-corrected chi connectivity index (χ2v) is 4.07. The number of hydrogen-bond donors (Lipinski definition) is 2. The number of rotatable bonds is 5. The van der Waals surface area contributed by atoms with Crippen LogP contribution in [0, 0.1) is 0 Å². The van der Waals surface area contributed by atoms with Crippen LogP contribution in [0.1, 0.15) is 6.92 Å². The van der Waals surface area contributed by atoms with Gasteiger partial charge in [-0.05, 0) is 13.0 Å². The molecule has 2 amide bonds. The maximum absolute atomic E-state index is 11.9. The van der Waals surface area contributed by atoms with Crippen molar-refractivity contribution in [1.82, 2.24) is 14.8 Å². The van der Waals surface area contributed by atoms with Gasteiger partial charge in [-0.3, -0.25) is 4.68 Å². The first-order chi connectivity index (χ1) is 10.2. The molecule has 0 bridgehead atoms. The van der Waals surface area contributed by atoms with Crippen molar-refractivity contribution in [2.45, 2.75) is 13.5 Å². The summed E-state index contributed by atoms with van der Waals surface area (Å²) < 4.78 is 11.8. The van der Waals surface area contributed by atoms with Gasteiger partial charge in [-0.2, -0.15) is 10.1 Å². The lowest BCUT2D eigenvalue weighted by atomic mass is 10.4. The molecule has 0 saturated heterocycles. The number of anilines is 2. The summed E-state index contributed by atoms with van der Waals surface area (Å²) >= 11 is 0. The smallest absolute Gasteiger partial charge is 0.323 e. The summed E-state index contributed by atoms with van der Waals surface area (Å²) in [4.78, 5) is 16.0. The molecular weight excluding hydrogens is 274 g/mol. The molecule has 2 rings (SSSR count). The summed E-state index contributed by atoms with van der Waals surface area (Å²) in [6.45, 7) is 2.70. The van der Waals surface area contributed by atoms with Crippen molar-refractivity contribution in [2.24, 2.45) is 0 Å². The molecule has 8 heteroatoms. The maximum atomic E-state index is 11.9. The van der Waals surface area contributed by atoms with E-state index in [0.717, 1.165) is 6.54 Å². The van der Waals surface area contributed by atoms with Crippen molar-refractivity contribution < 1.29 is 14.3 Å². The molecule has 0 saturated carbocycles. The van der Waals surface area contributed by atoms with Crippen LogP contribution in [0.4, 0.5) is 16.2 Å². The zero-order valence-electron chi connectivity index (χ0n) is 12.1. The molecule has 8 nitrogen and oxygen atoms in total. The van der Waals surface area contributed by atoms with E-state index in [0.29, 0.717) is 17.3 Å². The van der Waals surface area contributed by atoms with Gasteiger partial charge in [0.15, 0.2) is 0 Å². The predicted octanol–water partition coefficient (Wildman–Crippen LogP) is 1.96. The second kappa shape index (κ2) is 6.60. The summed E-state index contributed by atoms with van der Waals surface area (Å²) in [5.74, 6) is 0.677. The number of aromatic nitrogens is 3. The van der Waals surface area contributed by atoms with E-state index in [1.807, 2.05) is 6.92 Å². The second-order valence-electron chi connectivity index (χ2n) is 4.07. The highest BCUT2D eigenvalue weighted by atomic mass is 16.5. The number of methoxy groups -OCH3 is 2. The van der Waals surface area contributed by atoms with Crippen LogP contribution in [0.3, 0.4) is 0 Å². The Morgan fingerprint density at radius 2 is 2.10 bits per heavy atom. The average molecular weight is 291 g/mol. The Bertz CT molecular complexity index is 626. The molecule has 0 radical (unpaired) electrons. The predicted molar refractivity (Wildman–Crippen MR) is 77.9 cm³/mol. The minimum atomic E-state index is -0.407. The standard InChI is InChI=1S/C13H17N5O3/c1-4-18-8-9(7-14-18)15-13(19)16-10-5-6-11(20-2)17-12(10)21-3/h5-8H,4H2,1-3H3,(H2,15,16,19). The normalized spacial score (nSPS) is 10.0. The third-order valence-corrected chi connectivity index (χ3v) is 2.70. The van der Waals surface area contributed by atoms with Gasteiger partial charge in [0.25, 0.3) is 0 Å². The van der Waals surface area contributed by atoms with E-state index >= 15 is 0 Å². The molecule has 0 aliphatic heterocycles. The highest BCUT2D eigenvalue weighted by Crippen LogP contribution is 2.24. The number of carbonyl (C=O) groups excluding carboxylic acids is 1. The molecule has 0 aromatic carbocycles. The summed E-state index contributed by atoms with van der Waals surface area (Å²) in [7, 11) is 2.98. The number of hydrogen-bond acceptors (Lipinski definition) is 5. The average Bonchev–Trinajstić information content (AvgIpc) is 2.95. The molecule has 112 valence electrons. The number of aryl methyl sites for hydroxylation is 1. The lowest BCUT2D eigenvalue weighted by Crippen LogP contribution is -2.19. The monoisotopic (exact) mass is 291 g/mol. The van der Waals surface area contributed by atoms with Crippen molar-refractivity contribution in [2.75, 3.05) is 24.9 Å². The van der Waals surface area contributed by atoms with Crippen molar-refractivity contribution >= 4 is 17.4 Å². The van der Waals surface area contributed by atoms with Crippen molar-refractivity contribution in [3.05, 3.63) is 24.5 Å². The van der Waals surface area contributed by atoms with Crippen molar-refractivity contribution in [3.63, 3.8) is 0 Å². The molecular formula is C13H17N5O3. The largest absolute Gasteiger partial charge is 0.481 e. The Labute approximate surface area is 122 Å². The Morgan fingerprint density at radius 1 is 1.29 bits per heavy atom. The van der Waals surface area contributed by atoms with Gasteiger partial charge >= 0.3 is 6.03 Å². The van der Waals surface area contributed by atoms with E-state index in [1.54, 1.807) is 29.2 Å². The van der Waals surface area contributed by atoms with E-state index < -0.39 is 6.03 Å². The molecule has 0 atom stereocenters. The van der Waals surface area contributed by atoms with Crippen molar-refractivity contribution in [3.8, 4) is 11.8 Å². The highest BCUT2D eigenvalue weighted by molar-refractivity contribution is 6.00. The maximum Gasteiger partial charge on any atom is 0.323 e. The zero-order chi connectivity index (χ0) is 15.2. The Balaban J connectivity index is 2.05. The summed E-state index contributed by atoms with van der Waals surface area (Å²) in [6, 6.07) is 2.88. The Hall–Kier alpha value is -2.77. The van der Waals surface area contributed by atoms with Crippen LogP contribution in [0.25, 0.3) is 0 Å². The number of nitrogens with one attached hydrogen (secondary N) is 2. The molecule has 2 aromatic heterocycles. The summed E-state index contributed by atoms with van der Waals surface area (Å²) in [5, 5.41) is 9.41. The Morgan fingerprint density at radius 3 is 2.71 bits per heavy atom. The molecule has 0 spiro atoms. The first kappa shape index (κ1) is 14.6. The quantitative estimate of drug-likeness (QED) is 0.878. The number of urea groups is 1. The number of carbonyl (C=O) groups is 1. The van der Waals surface area contributed by atoms with Crippen LogP contribution in [-0.4, -0.2) is 35.0 Å². The van der Waals surface area contributed by atoms with Crippen LogP contribution in [0.2, 0.25) is 0 Å². The molecule has 0 fully saturated rings. The zero-order valence-corrected chi connectivity index (χ0v) is 12.1. The van der Waals surface area contributed by atoms with E-state index in [9.17, 15) is 4.79 Å². The molecule has 21 heavy (non-hydrogen) atoms. The number of nitrogens with zero attached hydrogens (tertiary/aromatic N) is 3. The van der Waals surface area contributed by atoms with Gasteiger partial charge in [0.1, 0.15) is 5.69 Å². The Kier molecular flexibility index (Phi) is 4.60. The van der Waals surface area contributed by atoms with E-state index in [-0.39, 0.29) is 5.88 Å². The van der Waals surface area contributed by atoms with Gasteiger partial charge in [-0.15, -0.1) is 0 Å². The van der Waals surface area contributed by atoms with Gasteiger partial charge in [-0.25, -0.2) is 4.79 Å².